The molecule has 3 rings (SSSR count). The summed E-state index contributed by atoms with van der Waals surface area (Å²) in [6.45, 7) is 3.95. The van der Waals surface area contributed by atoms with E-state index in [1.165, 1.54) is 6.07 Å². The average Bonchev–Trinajstić information content (AvgIpc) is 2.88. The standard InChI is InChI=1S/C16H14F3N3O/c1-9-5-14(20-8-12-6-10(2)23-22-12)13-4-3-11(16(17,18)19)7-15(13)21-9/h3-7H,8H2,1-2H3,(H,20,21). The quantitative estimate of drug-likeness (QED) is 0.773. The predicted molar refractivity (Wildman–Crippen MR) is 80.0 cm³/mol. The fraction of sp³-hybridized carbons (Fsp3) is 0.250. The van der Waals surface area contributed by atoms with Crippen LogP contribution in [0.2, 0.25) is 0 Å². The summed E-state index contributed by atoms with van der Waals surface area (Å²) in [6.07, 6.45) is -4.38. The predicted octanol–water partition coefficient (Wildman–Crippen LogP) is 4.47. The minimum absolute atomic E-state index is 0.304. The van der Waals surface area contributed by atoms with Crippen LogP contribution in [-0.2, 0) is 12.7 Å². The van der Waals surface area contributed by atoms with Crippen molar-refractivity contribution in [2.75, 3.05) is 5.32 Å². The summed E-state index contributed by atoms with van der Waals surface area (Å²) in [5, 5.41) is 7.68. The zero-order valence-electron chi connectivity index (χ0n) is 12.5. The summed E-state index contributed by atoms with van der Waals surface area (Å²) in [6, 6.07) is 7.15. The fourth-order valence-electron chi connectivity index (χ4n) is 2.37. The number of fused-ring (bicyclic) bond motifs is 1. The van der Waals surface area contributed by atoms with Crippen molar-refractivity contribution < 1.29 is 17.7 Å². The van der Waals surface area contributed by atoms with E-state index in [0.29, 0.717) is 34.6 Å². The van der Waals surface area contributed by atoms with Crippen LogP contribution in [0.3, 0.4) is 0 Å². The van der Waals surface area contributed by atoms with Gasteiger partial charge in [-0.15, -0.1) is 0 Å². The first-order valence-electron chi connectivity index (χ1n) is 6.97. The number of rotatable bonds is 3. The van der Waals surface area contributed by atoms with Crippen molar-refractivity contribution >= 4 is 16.6 Å². The third-order valence-corrected chi connectivity index (χ3v) is 3.40. The van der Waals surface area contributed by atoms with E-state index in [9.17, 15) is 13.2 Å². The normalized spacial score (nSPS) is 11.9. The van der Waals surface area contributed by atoms with E-state index in [1.54, 1.807) is 26.0 Å². The van der Waals surface area contributed by atoms with Crippen molar-refractivity contribution in [2.24, 2.45) is 0 Å². The Morgan fingerprint density at radius 3 is 2.57 bits per heavy atom. The van der Waals surface area contributed by atoms with Gasteiger partial charge in [0, 0.05) is 22.8 Å². The van der Waals surface area contributed by atoms with Crippen LogP contribution in [0.5, 0.6) is 0 Å². The number of aryl methyl sites for hydroxylation is 2. The zero-order valence-corrected chi connectivity index (χ0v) is 12.5. The number of nitrogens with one attached hydrogen (secondary N) is 1. The lowest BCUT2D eigenvalue weighted by atomic mass is 10.1. The van der Waals surface area contributed by atoms with E-state index < -0.39 is 11.7 Å². The average molecular weight is 321 g/mol. The van der Waals surface area contributed by atoms with E-state index in [4.69, 9.17) is 4.52 Å². The SMILES string of the molecule is Cc1cc(NCc2cc(C)on2)c2ccc(C(F)(F)F)cc2n1. The molecule has 2 aromatic heterocycles. The smallest absolute Gasteiger partial charge is 0.379 e. The number of aromatic nitrogens is 2. The van der Waals surface area contributed by atoms with Gasteiger partial charge < -0.3 is 9.84 Å². The Morgan fingerprint density at radius 2 is 1.91 bits per heavy atom. The summed E-state index contributed by atoms with van der Waals surface area (Å²) in [7, 11) is 0. The first kappa shape index (κ1) is 15.3. The summed E-state index contributed by atoms with van der Waals surface area (Å²) in [4.78, 5) is 4.20. The number of pyridine rings is 1. The van der Waals surface area contributed by atoms with Crippen molar-refractivity contribution in [1.82, 2.24) is 10.1 Å². The Morgan fingerprint density at radius 1 is 1.13 bits per heavy atom. The van der Waals surface area contributed by atoms with Gasteiger partial charge in [0.25, 0.3) is 0 Å². The Hall–Kier alpha value is -2.57. The second-order valence-electron chi connectivity index (χ2n) is 5.32. The molecule has 0 bridgehead atoms. The Bertz CT molecular complexity index is 855. The molecular formula is C16H14F3N3O. The highest BCUT2D eigenvalue weighted by Crippen LogP contribution is 2.33. The van der Waals surface area contributed by atoms with Crippen LogP contribution in [0.15, 0.2) is 34.9 Å². The largest absolute Gasteiger partial charge is 0.416 e. The van der Waals surface area contributed by atoms with Gasteiger partial charge in [0.1, 0.15) is 11.5 Å². The third-order valence-electron chi connectivity index (χ3n) is 3.40. The summed E-state index contributed by atoms with van der Waals surface area (Å²) < 4.78 is 43.5. The number of nitrogens with zero attached hydrogens (tertiary/aromatic N) is 2. The molecule has 0 aliphatic heterocycles. The molecule has 0 saturated carbocycles. The van der Waals surface area contributed by atoms with Crippen molar-refractivity contribution in [3.05, 3.63) is 53.0 Å². The maximum atomic E-state index is 12.8. The number of halogens is 3. The molecule has 0 radical (unpaired) electrons. The van der Waals surface area contributed by atoms with Gasteiger partial charge in [0.15, 0.2) is 0 Å². The molecule has 0 fully saturated rings. The second kappa shape index (κ2) is 5.57. The first-order chi connectivity index (χ1) is 10.8. The molecule has 0 saturated heterocycles. The second-order valence-corrected chi connectivity index (χ2v) is 5.32. The molecule has 120 valence electrons. The lowest BCUT2D eigenvalue weighted by Crippen LogP contribution is -2.06. The highest BCUT2D eigenvalue weighted by Gasteiger charge is 2.30. The summed E-state index contributed by atoms with van der Waals surface area (Å²) >= 11 is 0. The highest BCUT2D eigenvalue weighted by atomic mass is 19.4. The van der Waals surface area contributed by atoms with E-state index in [2.05, 4.69) is 15.5 Å². The van der Waals surface area contributed by atoms with Gasteiger partial charge in [-0.1, -0.05) is 11.2 Å². The maximum absolute atomic E-state index is 12.8. The minimum atomic E-state index is -4.38. The highest BCUT2D eigenvalue weighted by molar-refractivity contribution is 5.91. The van der Waals surface area contributed by atoms with E-state index in [0.717, 1.165) is 17.8 Å². The maximum Gasteiger partial charge on any atom is 0.416 e. The van der Waals surface area contributed by atoms with Gasteiger partial charge in [0.2, 0.25) is 0 Å². The zero-order chi connectivity index (χ0) is 16.6. The number of hydrogen-bond donors (Lipinski definition) is 1. The van der Waals surface area contributed by atoms with Crippen LogP contribution in [0, 0.1) is 13.8 Å². The van der Waals surface area contributed by atoms with Crippen LogP contribution in [0.4, 0.5) is 18.9 Å². The molecule has 3 aromatic rings. The topological polar surface area (TPSA) is 51.0 Å². The molecule has 0 aliphatic rings. The molecular weight excluding hydrogens is 307 g/mol. The molecule has 1 N–H and O–H groups in total. The van der Waals surface area contributed by atoms with E-state index in [1.807, 2.05) is 0 Å². The molecule has 0 spiro atoms. The van der Waals surface area contributed by atoms with Gasteiger partial charge in [-0.3, -0.25) is 4.98 Å². The molecule has 2 heterocycles. The van der Waals surface area contributed by atoms with Crippen molar-refractivity contribution in [3.63, 3.8) is 0 Å². The summed E-state index contributed by atoms with van der Waals surface area (Å²) in [5.74, 6) is 0.701. The Balaban J connectivity index is 1.96. The van der Waals surface area contributed by atoms with Crippen molar-refractivity contribution in [1.29, 1.82) is 0 Å². The number of hydrogen-bond acceptors (Lipinski definition) is 4. The van der Waals surface area contributed by atoms with Crippen molar-refractivity contribution in [2.45, 2.75) is 26.6 Å². The fourth-order valence-corrected chi connectivity index (χ4v) is 2.37. The van der Waals surface area contributed by atoms with Crippen LogP contribution in [0.25, 0.3) is 10.9 Å². The van der Waals surface area contributed by atoms with E-state index in [-0.39, 0.29) is 0 Å². The lowest BCUT2D eigenvalue weighted by molar-refractivity contribution is -0.137. The van der Waals surface area contributed by atoms with Gasteiger partial charge in [-0.2, -0.15) is 13.2 Å². The van der Waals surface area contributed by atoms with Gasteiger partial charge in [-0.25, -0.2) is 0 Å². The monoisotopic (exact) mass is 321 g/mol. The van der Waals surface area contributed by atoms with Crippen LogP contribution in [-0.4, -0.2) is 10.1 Å². The number of benzene rings is 1. The Kier molecular flexibility index (Phi) is 3.71. The minimum Gasteiger partial charge on any atom is -0.379 e. The molecule has 4 nitrogen and oxygen atoms in total. The molecule has 0 amide bonds. The Labute approximate surface area is 130 Å². The van der Waals surface area contributed by atoms with Crippen molar-refractivity contribution in [3.8, 4) is 0 Å². The lowest BCUT2D eigenvalue weighted by Gasteiger charge is -2.12. The van der Waals surface area contributed by atoms with Gasteiger partial charge in [-0.05, 0) is 32.0 Å². The molecule has 1 aromatic carbocycles. The van der Waals surface area contributed by atoms with Crippen LogP contribution >= 0.6 is 0 Å². The van der Waals surface area contributed by atoms with Gasteiger partial charge in [0.05, 0.1) is 17.6 Å². The summed E-state index contributed by atoms with van der Waals surface area (Å²) in [5.41, 5.74) is 1.66. The molecule has 23 heavy (non-hydrogen) atoms. The third kappa shape index (κ3) is 3.28. The molecule has 0 aliphatic carbocycles. The van der Waals surface area contributed by atoms with E-state index >= 15 is 0 Å². The van der Waals surface area contributed by atoms with Crippen LogP contribution in [0.1, 0.15) is 22.7 Å². The van der Waals surface area contributed by atoms with Gasteiger partial charge >= 0.3 is 6.18 Å². The van der Waals surface area contributed by atoms with Crippen LogP contribution < -0.4 is 5.32 Å². The first-order valence-corrected chi connectivity index (χ1v) is 6.97. The molecule has 0 atom stereocenters. The number of anilines is 1. The number of alkyl halides is 3. The molecule has 0 unspecified atom stereocenters. The molecule has 7 heteroatoms.